The lowest BCUT2D eigenvalue weighted by atomic mass is 9.97. The first-order valence-electron chi connectivity index (χ1n) is 9.08. The Morgan fingerprint density at radius 2 is 1.93 bits per heavy atom. The molecule has 1 aliphatic heterocycles. The lowest BCUT2D eigenvalue weighted by Crippen LogP contribution is -2.43. The Hall–Kier alpha value is -2.25. The summed E-state index contributed by atoms with van der Waals surface area (Å²) < 4.78 is 1.22. The predicted molar refractivity (Wildman–Crippen MR) is 110 cm³/mol. The maximum atomic E-state index is 12.4. The van der Waals surface area contributed by atoms with Crippen LogP contribution < -0.4 is 5.32 Å². The standard InChI is InChI=1S/C20H21N3O2S2/c1-13-6-7-17(26-13)19(25)21-12-18(24)23-10-8-14(9-11-23)20-22-15-4-2-3-5-16(15)27-20/h2-7,14H,8-12H2,1H3,(H,21,25). The number of amides is 2. The monoisotopic (exact) mass is 399 g/mol. The fourth-order valence-electron chi connectivity index (χ4n) is 3.35. The third-order valence-electron chi connectivity index (χ3n) is 4.87. The van der Waals surface area contributed by atoms with E-state index in [0.717, 1.165) is 23.2 Å². The van der Waals surface area contributed by atoms with Gasteiger partial charge < -0.3 is 10.2 Å². The first-order valence-corrected chi connectivity index (χ1v) is 10.7. The third-order valence-corrected chi connectivity index (χ3v) is 7.07. The average molecular weight is 400 g/mol. The molecule has 0 radical (unpaired) electrons. The first kappa shape index (κ1) is 18.1. The van der Waals surface area contributed by atoms with E-state index in [4.69, 9.17) is 4.98 Å². The van der Waals surface area contributed by atoms with Crippen molar-refractivity contribution >= 4 is 44.7 Å². The smallest absolute Gasteiger partial charge is 0.261 e. The van der Waals surface area contributed by atoms with E-state index in [-0.39, 0.29) is 18.4 Å². The summed E-state index contributed by atoms with van der Waals surface area (Å²) in [5.74, 6) is 0.223. The summed E-state index contributed by atoms with van der Waals surface area (Å²) in [5, 5.41) is 3.91. The fraction of sp³-hybridized carbons (Fsp3) is 0.350. The minimum Gasteiger partial charge on any atom is -0.342 e. The summed E-state index contributed by atoms with van der Waals surface area (Å²) in [6.07, 6.45) is 1.84. The number of rotatable bonds is 4. The second-order valence-electron chi connectivity index (χ2n) is 6.77. The van der Waals surface area contributed by atoms with Gasteiger partial charge >= 0.3 is 0 Å². The molecule has 5 nitrogen and oxygen atoms in total. The van der Waals surface area contributed by atoms with Crippen LogP contribution in [0.25, 0.3) is 10.2 Å². The minimum absolute atomic E-state index is 0.0145. The molecule has 140 valence electrons. The summed E-state index contributed by atoms with van der Waals surface area (Å²) >= 11 is 3.20. The van der Waals surface area contributed by atoms with Gasteiger partial charge in [0.1, 0.15) is 0 Å². The van der Waals surface area contributed by atoms with Gasteiger partial charge in [-0.2, -0.15) is 0 Å². The van der Waals surface area contributed by atoms with E-state index in [1.807, 2.05) is 36.1 Å². The molecule has 4 rings (SSSR count). The first-order chi connectivity index (χ1) is 13.1. The molecule has 0 unspecified atom stereocenters. The second-order valence-corrected chi connectivity index (χ2v) is 9.12. The number of aromatic nitrogens is 1. The van der Waals surface area contributed by atoms with Gasteiger partial charge in [-0.15, -0.1) is 22.7 Å². The number of nitrogens with one attached hydrogen (secondary N) is 1. The zero-order valence-electron chi connectivity index (χ0n) is 15.1. The van der Waals surface area contributed by atoms with Crippen LogP contribution in [0, 0.1) is 6.92 Å². The van der Waals surface area contributed by atoms with Gasteiger partial charge in [-0.05, 0) is 44.0 Å². The van der Waals surface area contributed by atoms with Crippen molar-refractivity contribution in [2.45, 2.75) is 25.7 Å². The Labute approximate surface area is 166 Å². The van der Waals surface area contributed by atoms with Crippen molar-refractivity contribution in [3.8, 4) is 0 Å². The molecule has 2 amide bonds. The number of hydrogen-bond donors (Lipinski definition) is 1. The summed E-state index contributed by atoms with van der Waals surface area (Å²) in [6.45, 7) is 3.45. The number of thiophene rings is 1. The molecule has 27 heavy (non-hydrogen) atoms. The molecule has 7 heteroatoms. The highest BCUT2D eigenvalue weighted by Crippen LogP contribution is 2.33. The van der Waals surface area contributed by atoms with Crippen LogP contribution in [-0.2, 0) is 4.79 Å². The minimum atomic E-state index is -0.175. The summed E-state index contributed by atoms with van der Waals surface area (Å²) in [6, 6.07) is 11.9. The number of fused-ring (bicyclic) bond motifs is 1. The number of para-hydroxylation sites is 1. The highest BCUT2D eigenvalue weighted by molar-refractivity contribution is 7.18. The van der Waals surface area contributed by atoms with Crippen LogP contribution in [0.1, 0.15) is 38.3 Å². The van der Waals surface area contributed by atoms with E-state index in [0.29, 0.717) is 23.9 Å². The summed E-state index contributed by atoms with van der Waals surface area (Å²) in [7, 11) is 0. The SMILES string of the molecule is Cc1ccc(C(=O)NCC(=O)N2CCC(c3nc4ccccc4s3)CC2)s1. The fourth-order valence-corrected chi connectivity index (χ4v) is 5.27. The molecule has 0 saturated carbocycles. The quantitative estimate of drug-likeness (QED) is 0.726. The van der Waals surface area contributed by atoms with E-state index in [1.165, 1.54) is 21.0 Å². The Morgan fingerprint density at radius 1 is 1.15 bits per heavy atom. The van der Waals surface area contributed by atoms with Crippen LogP contribution in [-0.4, -0.2) is 41.3 Å². The average Bonchev–Trinajstić information content (AvgIpc) is 3.32. The molecule has 3 aromatic rings. The lowest BCUT2D eigenvalue weighted by molar-refractivity contribution is -0.131. The number of carbonyl (C=O) groups excluding carboxylic acids is 2. The molecule has 0 spiro atoms. The number of aryl methyl sites for hydroxylation is 1. The van der Waals surface area contributed by atoms with Crippen molar-refractivity contribution in [2.24, 2.45) is 0 Å². The van der Waals surface area contributed by atoms with Gasteiger partial charge in [-0.25, -0.2) is 4.98 Å². The largest absolute Gasteiger partial charge is 0.342 e. The van der Waals surface area contributed by atoms with Gasteiger partial charge in [0.15, 0.2) is 0 Å². The maximum Gasteiger partial charge on any atom is 0.261 e. The zero-order chi connectivity index (χ0) is 18.8. The molecular formula is C20H21N3O2S2. The molecule has 0 aliphatic carbocycles. The van der Waals surface area contributed by atoms with E-state index < -0.39 is 0 Å². The predicted octanol–water partition coefficient (Wildman–Crippen LogP) is 3.80. The van der Waals surface area contributed by atoms with Crippen LogP contribution in [0.5, 0.6) is 0 Å². The van der Waals surface area contributed by atoms with Gasteiger partial charge in [0, 0.05) is 23.9 Å². The highest BCUT2D eigenvalue weighted by Gasteiger charge is 2.26. The molecule has 1 aromatic carbocycles. The number of likely N-dealkylation sites (tertiary alicyclic amines) is 1. The Bertz CT molecular complexity index is 937. The van der Waals surface area contributed by atoms with E-state index in [2.05, 4.69) is 11.4 Å². The maximum absolute atomic E-state index is 12.4. The molecule has 1 N–H and O–H groups in total. The van der Waals surface area contributed by atoms with Crippen LogP contribution in [0.15, 0.2) is 36.4 Å². The highest BCUT2D eigenvalue weighted by atomic mass is 32.1. The molecule has 0 atom stereocenters. The van der Waals surface area contributed by atoms with Gasteiger partial charge in [0.2, 0.25) is 5.91 Å². The van der Waals surface area contributed by atoms with Gasteiger partial charge in [0.25, 0.3) is 5.91 Å². The van der Waals surface area contributed by atoms with Crippen LogP contribution in [0.3, 0.4) is 0 Å². The van der Waals surface area contributed by atoms with E-state index in [1.54, 1.807) is 17.4 Å². The number of nitrogens with zero attached hydrogens (tertiary/aromatic N) is 2. The summed E-state index contributed by atoms with van der Waals surface area (Å²) in [5.41, 5.74) is 1.06. The van der Waals surface area contributed by atoms with Crippen molar-refractivity contribution in [3.63, 3.8) is 0 Å². The third kappa shape index (κ3) is 4.04. The Kier molecular flexibility index (Phi) is 5.22. The van der Waals surface area contributed by atoms with Crippen molar-refractivity contribution in [1.29, 1.82) is 0 Å². The van der Waals surface area contributed by atoms with E-state index in [9.17, 15) is 9.59 Å². The zero-order valence-corrected chi connectivity index (χ0v) is 16.7. The van der Waals surface area contributed by atoms with Crippen LogP contribution >= 0.6 is 22.7 Å². The molecule has 1 aliphatic rings. The summed E-state index contributed by atoms with van der Waals surface area (Å²) in [4.78, 5) is 32.9. The van der Waals surface area contributed by atoms with Gasteiger partial charge in [0.05, 0.1) is 26.6 Å². The molecule has 2 aromatic heterocycles. The molecule has 1 saturated heterocycles. The number of piperidine rings is 1. The second kappa shape index (κ2) is 7.78. The molecular weight excluding hydrogens is 378 g/mol. The number of carbonyl (C=O) groups is 2. The van der Waals surface area contributed by atoms with Crippen molar-refractivity contribution in [2.75, 3.05) is 19.6 Å². The Morgan fingerprint density at radius 3 is 2.63 bits per heavy atom. The number of hydrogen-bond acceptors (Lipinski definition) is 5. The number of thiazole rings is 1. The van der Waals surface area contributed by atoms with Gasteiger partial charge in [-0.1, -0.05) is 12.1 Å². The van der Waals surface area contributed by atoms with Crippen molar-refractivity contribution in [1.82, 2.24) is 15.2 Å². The normalized spacial score (nSPS) is 15.2. The molecule has 1 fully saturated rings. The van der Waals surface area contributed by atoms with Crippen LogP contribution in [0.4, 0.5) is 0 Å². The van der Waals surface area contributed by atoms with Gasteiger partial charge in [-0.3, -0.25) is 9.59 Å². The number of benzene rings is 1. The molecule has 0 bridgehead atoms. The Balaban J connectivity index is 1.29. The lowest BCUT2D eigenvalue weighted by Gasteiger charge is -2.31. The van der Waals surface area contributed by atoms with Crippen LogP contribution in [0.2, 0.25) is 0 Å². The van der Waals surface area contributed by atoms with Crippen molar-refractivity contribution < 1.29 is 9.59 Å². The molecule has 3 heterocycles. The van der Waals surface area contributed by atoms with E-state index >= 15 is 0 Å². The topological polar surface area (TPSA) is 62.3 Å². The van der Waals surface area contributed by atoms with Crippen molar-refractivity contribution in [3.05, 3.63) is 51.2 Å².